The number of alkyl halides is 9. The monoisotopic (exact) mass is 537 g/mol. The van der Waals surface area contributed by atoms with E-state index in [2.05, 4.69) is 4.74 Å². The maximum Gasteiger partial charge on any atom is 0.434 e. The lowest BCUT2D eigenvalue weighted by molar-refractivity contribution is -0.308. The number of halogens is 9. The third-order valence-corrected chi connectivity index (χ3v) is 5.82. The number of carboxylic acids is 1. The molecule has 0 unspecified atom stereocenters. The van der Waals surface area contributed by atoms with Crippen molar-refractivity contribution < 1.29 is 58.9 Å². The van der Waals surface area contributed by atoms with Crippen LogP contribution in [0.2, 0.25) is 0 Å². The first-order valence-electron chi connectivity index (χ1n) is 10.5. The Labute approximate surface area is 198 Å². The molecular formula is C20H20F9N3O4. The van der Waals surface area contributed by atoms with Crippen molar-refractivity contribution in [2.45, 2.75) is 31.2 Å². The Bertz CT molecular complexity index is 953. The second kappa shape index (κ2) is 9.86. The molecule has 0 radical (unpaired) electrons. The highest BCUT2D eigenvalue weighted by Gasteiger charge is 2.60. The summed E-state index contributed by atoms with van der Waals surface area (Å²) in [5, 5.41) is 9.04. The molecule has 0 spiro atoms. The van der Waals surface area contributed by atoms with Gasteiger partial charge in [0.2, 0.25) is 0 Å². The first-order valence-corrected chi connectivity index (χ1v) is 10.5. The smallest absolute Gasteiger partial charge is 0.434 e. The van der Waals surface area contributed by atoms with Gasteiger partial charge >= 0.3 is 30.6 Å². The zero-order valence-corrected chi connectivity index (χ0v) is 18.3. The Hall–Kier alpha value is -2.91. The second-order valence-corrected chi connectivity index (χ2v) is 8.39. The molecule has 1 aromatic rings. The van der Waals surface area contributed by atoms with Crippen LogP contribution < -0.4 is 4.90 Å². The summed E-state index contributed by atoms with van der Waals surface area (Å²) in [6, 6.07) is 2.98. The highest BCUT2D eigenvalue weighted by Crippen LogP contribution is 2.37. The normalized spacial score (nSPS) is 18.4. The summed E-state index contributed by atoms with van der Waals surface area (Å²) in [7, 11) is 0. The molecule has 7 nitrogen and oxygen atoms in total. The lowest BCUT2D eigenvalue weighted by Gasteiger charge is -2.41. The zero-order chi connectivity index (χ0) is 27.1. The average Bonchev–Trinajstić information content (AvgIpc) is 2.69. The van der Waals surface area contributed by atoms with E-state index in [1.807, 2.05) is 0 Å². The van der Waals surface area contributed by atoms with Crippen molar-refractivity contribution in [2.24, 2.45) is 5.92 Å². The third-order valence-electron chi connectivity index (χ3n) is 5.82. The third kappa shape index (κ3) is 6.44. The molecule has 1 amide bonds. The Morgan fingerprint density at radius 3 is 1.97 bits per heavy atom. The number of hydrogen-bond acceptors (Lipinski definition) is 5. The molecule has 16 heteroatoms. The lowest BCUT2D eigenvalue weighted by Crippen LogP contribution is -2.53. The summed E-state index contributed by atoms with van der Waals surface area (Å²) in [4.78, 5) is 26.8. The van der Waals surface area contributed by atoms with E-state index in [1.54, 1.807) is 4.90 Å². The van der Waals surface area contributed by atoms with E-state index in [9.17, 15) is 49.1 Å². The largest absolute Gasteiger partial charge is 0.481 e. The highest BCUT2D eigenvalue weighted by molar-refractivity contribution is 5.75. The number of carbonyl (C=O) groups excluding carboxylic acids is 1. The van der Waals surface area contributed by atoms with Crippen LogP contribution in [0.3, 0.4) is 0 Å². The van der Waals surface area contributed by atoms with E-state index in [0.717, 1.165) is 12.1 Å². The molecular weight excluding hydrogens is 517 g/mol. The number of piperazine rings is 1. The molecule has 0 bridgehead atoms. The van der Waals surface area contributed by atoms with Gasteiger partial charge in [0.1, 0.15) is 0 Å². The number of carboxylic acid groups (broad SMARTS) is 1. The van der Waals surface area contributed by atoms with Crippen molar-refractivity contribution >= 4 is 17.7 Å². The van der Waals surface area contributed by atoms with Crippen LogP contribution in [0.1, 0.15) is 11.1 Å². The van der Waals surface area contributed by atoms with E-state index < -0.39 is 48.2 Å². The maximum atomic E-state index is 13.2. The predicted molar refractivity (Wildman–Crippen MR) is 104 cm³/mol. The molecule has 0 atom stereocenters. The van der Waals surface area contributed by atoms with Crippen LogP contribution in [0, 0.1) is 5.92 Å². The van der Waals surface area contributed by atoms with Crippen LogP contribution >= 0.6 is 0 Å². The van der Waals surface area contributed by atoms with Crippen molar-refractivity contribution in [2.75, 3.05) is 44.2 Å². The first-order chi connectivity index (χ1) is 16.5. The van der Waals surface area contributed by atoms with Gasteiger partial charge in [0.15, 0.2) is 0 Å². The van der Waals surface area contributed by atoms with E-state index in [1.165, 1.54) is 11.0 Å². The molecule has 2 aliphatic heterocycles. The second-order valence-electron chi connectivity index (χ2n) is 8.39. The fraction of sp³-hybridized carbons (Fsp3) is 0.600. The van der Waals surface area contributed by atoms with E-state index in [4.69, 9.17) is 5.11 Å². The Kier molecular flexibility index (Phi) is 7.58. The number of ether oxygens (including phenoxy) is 1. The number of aliphatic carboxylic acids is 1. The zero-order valence-electron chi connectivity index (χ0n) is 18.3. The lowest BCUT2D eigenvalue weighted by atomic mass is 9.96. The van der Waals surface area contributed by atoms with Crippen molar-refractivity contribution in [1.82, 2.24) is 9.80 Å². The topological polar surface area (TPSA) is 73.3 Å². The molecule has 0 saturated carbocycles. The summed E-state index contributed by atoms with van der Waals surface area (Å²) in [5.74, 6) is -1.82. The minimum atomic E-state index is -5.84. The van der Waals surface area contributed by atoms with Crippen LogP contribution in [0.5, 0.6) is 0 Å². The van der Waals surface area contributed by atoms with Crippen LogP contribution in [0.4, 0.5) is 50.0 Å². The van der Waals surface area contributed by atoms with Gasteiger partial charge in [0.05, 0.1) is 11.5 Å². The van der Waals surface area contributed by atoms with Crippen LogP contribution in [0.25, 0.3) is 0 Å². The van der Waals surface area contributed by atoms with Crippen molar-refractivity contribution in [3.8, 4) is 0 Å². The number of benzene rings is 1. The molecule has 36 heavy (non-hydrogen) atoms. The van der Waals surface area contributed by atoms with Gasteiger partial charge in [-0.25, -0.2) is 4.79 Å². The molecule has 2 heterocycles. The van der Waals surface area contributed by atoms with Gasteiger partial charge in [-0.1, -0.05) is 6.07 Å². The molecule has 0 aliphatic carbocycles. The van der Waals surface area contributed by atoms with E-state index in [0.29, 0.717) is 10.5 Å². The van der Waals surface area contributed by atoms with Gasteiger partial charge in [0.25, 0.3) is 6.10 Å². The fourth-order valence-electron chi connectivity index (χ4n) is 3.82. The Balaban J connectivity index is 1.65. The molecule has 1 aromatic carbocycles. The Morgan fingerprint density at radius 1 is 0.944 bits per heavy atom. The van der Waals surface area contributed by atoms with Gasteiger partial charge < -0.3 is 19.6 Å². The van der Waals surface area contributed by atoms with Gasteiger partial charge in [0, 0.05) is 51.5 Å². The minimum Gasteiger partial charge on any atom is -0.481 e. The van der Waals surface area contributed by atoms with Gasteiger partial charge in [-0.05, 0) is 17.7 Å². The summed E-state index contributed by atoms with van der Waals surface area (Å²) in [6.07, 6.45) is -22.4. The van der Waals surface area contributed by atoms with Crippen LogP contribution in [0.15, 0.2) is 18.2 Å². The first kappa shape index (κ1) is 27.7. The maximum absolute atomic E-state index is 13.2. The molecule has 0 aromatic heterocycles. The van der Waals surface area contributed by atoms with Crippen molar-refractivity contribution in [1.29, 1.82) is 0 Å². The molecule has 2 saturated heterocycles. The van der Waals surface area contributed by atoms with Gasteiger partial charge in [-0.2, -0.15) is 39.5 Å². The fourth-order valence-corrected chi connectivity index (χ4v) is 3.82. The summed E-state index contributed by atoms with van der Waals surface area (Å²) < 4.78 is 119. The van der Waals surface area contributed by atoms with E-state index >= 15 is 0 Å². The quantitative estimate of drug-likeness (QED) is 0.574. The predicted octanol–water partition coefficient (Wildman–Crippen LogP) is 3.97. The van der Waals surface area contributed by atoms with Crippen LogP contribution in [-0.4, -0.2) is 84.7 Å². The minimum absolute atomic E-state index is 0.00282. The Morgan fingerprint density at radius 2 is 1.50 bits per heavy atom. The number of rotatable bonds is 5. The standard InChI is InChI=1S/C20H20F9N3O4/c21-18(22,23)13-2-1-11(14(7-13)32-9-12(10-32)15(33)34)8-30-3-5-31(6-4-30)17(35)36-16(19(24,25)26)20(27,28)29/h1-2,7,12,16H,3-6,8-10H2,(H,33,34). The van der Waals surface area contributed by atoms with E-state index in [-0.39, 0.29) is 51.5 Å². The summed E-state index contributed by atoms with van der Waals surface area (Å²) in [5.41, 5.74) is -0.351. The molecule has 2 fully saturated rings. The average molecular weight is 537 g/mol. The molecule has 2 aliphatic rings. The number of hydrogen-bond donors (Lipinski definition) is 1. The van der Waals surface area contributed by atoms with Crippen molar-refractivity contribution in [3.05, 3.63) is 29.3 Å². The number of carbonyl (C=O) groups is 2. The van der Waals surface area contributed by atoms with Gasteiger partial charge in [-0.15, -0.1) is 0 Å². The number of amides is 1. The molecule has 202 valence electrons. The number of anilines is 1. The summed E-state index contributed by atoms with van der Waals surface area (Å²) >= 11 is 0. The molecule has 1 N–H and O–H groups in total. The SMILES string of the molecule is O=C(O)C1CN(c2cc(C(F)(F)F)ccc2CN2CCN(C(=O)OC(C(F)(F)F)C(F)(F)F)CC2)C1. The summed E-state index contributed by atoms with van der Waals surface area (Å²) in [6.45, 7) is -0.500. The van der Waals surface area contributed by atoms with Gasteiger partial charge in [-0.3, -0.25) is 9.69 Å². The highest BCUT2D eigenvalue weighted by atomic mass is 19.4. The molecule has 3 rings (SSSR count). The van der Waals surface area contributed by atoms with Crippen LogP contribution in [-0.2, 0) is 22.3 Å². The number of nitrogens with zero attached hydrogens (tertiary/aromatic N) is 3. The van der Waals surface area contributed by atoms with Crippen molar-refractivity contribution in [3.63, 3.8) is 0 Å².